The van der Waals surface area contributed by atoms with Crippen molar-refractivity contribution < 1.29 is 0 Å². The Morgan fingerprint density at radius 2 is 2.04 bits per heavy atom. The van der Waals surface area contributed by atoms with Crippen LogP contribution in [-0.4, -0.2) is 35.6 Å². The zero-order chi connectivity index (χ0) is 17.8. The van der Waals surface area contributed by atoms with Crippen molar-refractivity contribution in [3.8, 4) is 0 Å². The van der Waals surface area contributed by atoms with E-state index in [1.807, 2.05) is 0 Å². The first-order valence-electron chi connectivity index (χ1n) is 9.80. The quantitative estimate of drug-likeness (QED) is 0.884. The molecule has 1 aliphatic heterocycles. The first-order chi connectivity index (χ1) is 12.1. The Morgan fingerprint density at radius 3 is 2.84 bits per heavy atom. The molecule has 0 aliphatic carbocycles. The van der Waals surface area contributed by atoms with E-state index < -0.39 is 0 Å². The van der Waals surface area contributed by atoms with Crippen LogP contribution in [-0.2, 0) is 0 Å². The van der Waals surface area contributed by atoms with Crippen LogP contribution in [0.25, 0.3) is 10.9 Å². The molecule has 0 spiro atoms. The van der Waals surface area contributed by atoms with Gasteiger partial charge >= 0.3 is 0 Å². The summed E-state index contributed by atoms with van der Waals surface area (Å²) in [5, 5.41) is 4.93. The fourth-order valence-electron chi connectivity index (χ4n) is 3.54. The third-order valence-electron chi connectivity index (χ3n) is 5.49. The van der Waals surface area contributed by atoms with Crippen LogP contribution < -0.4 is 10.2 Å². The summed E-state index contributed by atoms with van der Waals surface area (Å²) in [6.45, 7) is 12.0. The van der Waals surface area contributed by atoms with Gasteiger partial charge in [-0.05, 0) is 57.2 Å². The molecule has 1 aromatic carbocycles. The van der Waals surface area contributed by atoms with Crippen LogP contribution in [0.1, 0.15) is 50.8 Å². The highest BCUT2D eigenvalue weighted by Gasteiger charge is 2.19. The third kappa shape index (κ3) is 4.49. The fourth-order valence-corrected chi connectivity index (χ4v) is 3.54. The number of fused-ring (bicyclic) bond motifs is 1. The molecule has 0 bridgehead atoms. The van der Waals surface area contributed by atoms with Crippen molar-refractivity contribution >= 4 is 16.9 Å². The van der Waals surface area contributed by atoms with Crippen LogP contribution in [0.2, 0.25) is 0 Å². The summed E-state index contributed by atoms with van der Waals surface area (Å²) >= 11 is 0. The topological polar surface area (TPSA) is 41.0 Å². The van der Waals surface area contributed by atoms with Crippen molar-refractivity contribution in [2.24, 2.45) is 5.92 Å². The summed E-state index contributed by atoms with van der Waals surface area (Å²) < 4.78 is 0. The van der Waals surface area contributed by atoms with Gasteiger partial charge < -0.3 is 10.2 Å². The number of hydrogen-bond donors (Lipinski definition) is 1. The summed E-state index contributed by atoms with van der Waals surface area (Å²) in [6.07, 6.45) is 4.87. The van der Waals surface area contributed by atoms with Crippen LogP contribution >= 0.6 is 0 Å². The highest BCUT2D eigenvalue weighted by Crippen LogP contribution is 2.22. The molecule has 1 aliphatic rings. The minimum Gasteiger partial charge on any atom is -0.341 e. The van der Waals surface area contributed by atoms with Crippen molar-refractivity contribution in [2.45, 2.75) is 59.4 Å². The first-order valence-corrected chi connectivity index (χ1v) is 9.80. The molecule has 0 unspecified atom stereocenters. The highest BCUT2D eigenvalue weighted by molar-refractivity contribution is 5.82. The van der Waals surface area contributed by atoms with Gasteiger partial charge in [-0.15, -0.1) is 0 Å². The van der Waals surface area contributed by atoms with Crippen molar-refractivity contribution in [1.29, 1.82) is 0 Å². The number of nitrogens with zero attached hydrogens (tertiary/aromatic N) is 3. The first kappa shape index (κ1) is 18.1. The van der Waals surface area contributed by atoms with Gasteiger partial charge in [0.15, 0.2) is 0 Å². The Balaban J connectivity index is 1.71. The Labute approximate surface area is 152 Å². The lowest BCUT2D eigenvalue weighted by Gasteiger charge is -2.22. The van der Waals surface area contributed by atoms with Gasteiger partial charge in [-0.1, -0.05) is 32.4 Å². The molecule has 25 heavy (non-hydrogen) atoms. The molecule has 0 radical (unpaired) electrons. The van der Waals surface area contributed by atoms with Gasteiger partial charge in [0, 0.05) is 24.5 Å². The summed E-state index contributed by atoms with van der Waals surface area (Å²) in [5.41, 5.74) is 3.40. The second kappa shape index (κ2) is 8.13. The van der Waals surface area contributed by atoms with Crippen LogP contribution in [0.3, 0.4) is 0 Å². The zero-order valence-corrected chi connectivity index (χ0v) is 16.2. The van der Waals surface area contributed by atoms with Gasteiger partial charge in [0.05, 0.1) is 11.2 Å². The Bertz CT molecular complexity index is 712. The van der Waals surface area contributed by atoms with Crippen LogP contribution in [0.4, 0.5) is 5.95 Å². The molecule has 1 aromatic heterocycles. The van der Waals surface area contributed by atoms with E-state index in [0.717, 1.165) is 48.1 Å². The van der Waals surface area contributed by atoms with E-state index in [1.54, 1.807) is 0 Å². The van der Waals surface area contributed by atoms with E-state index in [1.165, 1.54) is 31.2 Å². The number of aryl methyl sites for hydroxylation is 2. The standard InChI is InChI=1S/C21H32N4/c1-5-15(2)14-22-18-7-6-11-25(12-10-18)21-23-17(4)19-9-8-16(3)13-20(19)24-21/h8-9,13,15,18,22H,5-7,10-12,14H2,1-4H3/t15-,18-/m1/s1. The maximum absolute atomic E-state index is 4.87. The summed E-state index contributed by atoms with van der Waals surface area (Å²) in [4.78, 5) is 12.0. The SMILES string of the molecule is CC[C@@H](C)CN[C@@H]1CCCN(c2nc(C)c3ccc(C)cc3n2)CC1. The molecule has 2 atom stereocenters. The van der Waals surface area contributed by atoms with Gasteiger partial charge in [-0.2, -0.15) is 0 Å². The second-order valence-electron chi connectivity index (χ2n) is 7.67. The molecule has 1 saturated heterocycles. The summed E-state index contributed by atoms with van der Waals surface area (Å²) in [6, 6.07) is 7.07. The van der Waals surface area contributed by atoms with Gasteiger partial charge in [0.2, 0.25) is 5.95 Å². The van der Waals surface area contributed by atoms with Crippen LogP contribution in [0.5, 0.6) is 0 Å². The van der Waals surface area contributed by atoms with Gasteiger partial charge in [0.1, 0.15) is 0 Å². The number of anilines is 1. The predicted octanol–water partition coefficient (Wildman–Crippen LogP) is 4.24. The summed E-state index contributed by atoms with van der Waals surface area (Å²) in [5.74, 6) is 1.66. The average Bonchev–Trinajstić information content (AvgIpc) is 2.84. The molecular formula is C21H32N4. The molecule has 136 valence electrons. The maximum Gasteiger partial charge on any atom is 0.226 e. The molecule has 1 N–H and O–H groups in total. The van der Waals surface area contributed by atoms with Gasteiger partial charge in [0.25, 0.3) is 0 Å². The van der Waals surface area contributed by atoms with E-state index >= 15 is 0 Å². The Morgan fingerprint density at radius 1 is 1.20 bits per heavy atom. The number of rotatable bonds is 5. The van der Waals surface area contributed by atoms with Crippen LogP contribution in [0, 0.1) is 19.8 Å². The number of benzene rings is 1. The summed E-state index contributed by atoms with van der Waals surface area (Å²) in [7, 11) is 0. The van der Waals surface area contributed by atoms with Gasteiger partial charge in [-0.25, -0.2) is 9.97 Å². The smallest absolute Gasteiger partial charge is 0.226 e. The van der Waals surface area contributed by atoms with E-state index in [4.69, 9.17) is 9.97 Å². The minimum absolute atomic E-state index is 0.628. The number of aromatic nitrogens is 2. The fraction of sp³-hybridized carbons (Fsp3) is 0.619. The molecule has 2 heterocycles. The Hall–Kier alpha value is -1.68. The molecule has 0 saturated carbocycles. The van der Waals surface area contributed by atoms with Crippen molar-refractivity contribution in [2.75, 3.05) is 24.5 Å². The number of hydrogen-bond acceptors (Lipinski definition) is 4. The lowest BCUT2D eigenvalue weighted by Crippen LogP contribution is -2.34. The molecular weight excluding hydrogens is 308 g/mol. The van der Waals surface area contributed by atoms with E-state index in [0.29, 0.717) is 6.04 Å². The normalized spacial score (nSPS) is 19.8. The van der Waals surface area contributed by atoms with E-state index in [2.05, 4.69) is 56.1 Å². The largest absolute Gasteiger partial charge is 0.341 e. The average molecular weight is 341 g/mol. The van der Waals surface area contributed by atoms with E-state index in [-0.39, 0.29) is 0 Å². The van der Waals surface area contributed by atoms with Crippen molar-refractivity contribution in [1.82, 2.24) is 15.3 Å². The molecule has 3 rings (SSSR count). The lowest BCUT2D eigenvalue weighted by molar-refractivity contribution is 0.414. The zero-order valence-electron chi connectivity index (χ0n) is 16.2. The molecule has 4 nitrogen and oxygen atoms in total. The number of nitrogens with one attached hydrogen (secondary N) is 1. The Kier molecular flexibility index (Phi) is 5.89. The monoisotopic (exact) mass is 340 g/mol. The van der Waals surface area contributed by atoms with E-state index in [9.17, 15) is 0 Å². The van der Waals surface area contributed by atoms with Crippen molar-refractivity contribution in [3.63, 3.8) is 0 Å². The predicted molar refractivity (Wildman–Crippen MR) is 106 cm³/mol. The second-order valence-corrected chi connectivity index (χ2v) is 7.67. The van der Waals surface area contributed by atoms with Gasteiger partial charge in [-0.3, -0.25) is 0 Å². The lowest BCUT2D eigenvalue weighted by atomic mass is 10.1. The maximum atomic E-state index is 4.87. The highest BCUT2D eigenvalue weighted by atomic mass is 15.3. The minimum atomic E-state index is 0.628. The van der Waals surface area contributed by atoms with Crippen LogP contribution in [0.15, 0.2) is 18.2 Å². The molecule has 4 heteroatoms. The molecule has 2 aromatic rings. The van der Waals surface area contributed by atoms with Crippen molar-refractivity contribution in [3.05, 3.63) is 29.5 Å². The third-order valence-corrected chi connectivity index (χ3v) is 5.49. The molecule has 1 fully saturated rings. The molecule has 0 amide bonds.